The Morgan fingerprint density at radius 1 is 1.25 bits per heavy atom. The monoisotopic (exact) mass is 293 g/mol. The number of aromatic nitrogens is 3. The lowest BCUT2D eigenvalue weighted by Crippen LogP contribution is -1.85. The molecule has 0 aliphatic rings. The highest BCUT2D eigenvalue weighted by Gasteiger charge is 2.07. The molecule has 3 aromatic rings. The molecule has 5 heteroatoms. The Balaban J connectivity index is 2.18. The number of pyridine rings is 1. The molecule has 0 bridgehead atoms. The molecule has 3 rings (SSSR count). The number of hydrogen-bond donors (Lipinski definition) is 0. The molecule has 80 valence electrons. The first-order chi connectivity index (χ1) is 7.72. The zero-order valence-electron chi connectivity index (χ0n) is 8.51. The molecule has 0 N–H and O–H groups in total. The van der Waals surface area contributed by atoms with Gasteiger partial charge in [-0.05, 0) is 47.1 Å². The van der Waals surface area contributed by atoms with E-state index in [0.29, 0.717) is 0 Å². The summed E-state index contributed by atoms with van der Waals surface area (Å²) in [7, 11) is 0. The number of nitrogens with zero attached hydrogens (tertiary/aromatic N) is 3. The maximum atomic E-state index is 4.48. The van der Waals surface area contributed by atoms with E-state index in [9.17, 15) is 0 Å². The fraction of sp³-hybridized carbons (Fsp3) is 0.0909. The lowest BCUT2D eigenvalue weighted by molar-refractivity contribution is 0.962. The summed E-state index contributed by atoms with van der Waals surface area (Å²) in [4.78, 5) is 6.86. The van der Waals surface area contributed by atoms with Gasteiger partial charge in [0.05, 0.1) is 4.88 Å². The number of aryl methyl sites for hydroxylation is 1. The molecular formula is C11H8BrN3S. The van der Waals surface area contributed by atoms with Crippen molar-refractivity contribution < 1.29 is 0 Å². The van der Waals surface area contributed by atoms with Gasteiger partial charge in [-0.2, -0.15) is 0 Å². The van der Waals surface area contributed by atoms with Gasteiger partial charge >= 0.3 is 0 Å². The Labute approximate surface area is 105 Å². The summed E-state index contributed by atoms with van der Waals surface area (Å²) in [6.07, 6.45) is 1.91. The highest BCUT2D eigenvalue weighted by atomic mass is 79.9. The Hall–Kier alpha value is -1.20. The third-order valence-electron chi connectivity index (χ3n) is 2.26. The number of halogens is 1. The first kappa shape index (κ1) is 9.99. The minimum Gasteiger partial charge on any atom is -0.219 e. The van der Waals surface area contributed by atoms with E-state index in [2.05, 4.69) is 45.1 Å². The molecular weight excluding hydrogens is 286 g/mol. The largest absolute Gasteiger partial charge is 0.219 e. The molecule has 0 aromatic carbocycles. The summed E-state index contributed by atoms with van der Waals surface area (Å²) in [5, 5.41) is 4.44. The Morgan fingerprint density at radius 2 is 2.12 bits per heavy atom. The molecule has 16 heavy (non-hydrogen) atoms. The lowest BCUT2D eigenvalue weighted by Gasteiger charge is -1.90. The number of hydrogen-bond acceptors (Lipinski definition) is 3. The van der Waals surface area contributed by atoms with Gasteiger partial charge in [-0.3, -0.25) is 0 Å². The standard InChI is InChI=1S/C11H8BrN3S/c1-7-2-4-9(16-7)11-13-10-5-3-8(12)6-15(10)14-11/h2-6H,1H3. The SMILES string of the molecule is Cc1ccc(-c2nc3ccc(Br)cn3n2)s1. The van der Waals surface area contributed by atoms with Crippen LogP contribution in [0.2, 0.25) is 0 Å². The van der Waals surface area contributed by atoms with Crippen LogP contribution >= 0.6 is 27.3 Å². The van der Waals surface area contributed by atoms with Crippen molar-refractivity contribution in [2.75, 3.05) is 0 Å². The van der Waals surface area contributed by atoms with Gasteiger partial charge < -0.3 is 0 Å². The predicted octanol–water partition coefficient (Wildman–Crippen LogP) is 3.53. The summed E-state index contributed by atoms with van der Waals surface area (Å²) < 4.78 is 2.79. The zero-order chi connectivity index (χ0) is 11.1. The first-order valence-electron chi connectivity index (χ1n) is 4.81. The second kappa shape index (κ2) is 3.68. The van der Waals surface area contributed by atoms with Crippen molar-refractivity contribution in [2.24, 2.45) is 0 Å². The van der Waals surface area contributed by atoms with E-state index < -0.39 is 0 Å². The average molecular weight is 294 g/mol. The highest BCUT2D eigenvalue weighted by Crippen LogP contribution is 2.25. The molecule has 0 saturated carbocycles. The third kappa shape index (κ3) is 1.66. The lowest BCUT2D eigenvalue weighted by atomic mass is 10.4. The summed E-state index contributed by atoms with van der Waals surface area (Å²) in [5.41, 5.74) is 0.865. The van der Waals surface area contributed by atoms with E-state index >= 15 is 0 Å². The second-order valence-corrected chi connectivity index (χ2v) is 5.70. The van der Waals surface area contributed by atoms with E-state index in [4.69, 9.17) is 0 Å². The quantitative estimate of drug-likeness (QED) is 0.687. The molecule has 0 aliphatic carbocycles. The van der Waals surface area contributed by atoms with E-state index in [-0.39, 0.29) is 0 Å². The smallest absolute Gasteiger partial charge is 0.192 e. The van der Waals surface area contributed by atoms with Gasteiger partial charge in [-0.15, -0.1) is 16.4 Å². The zero-order valence-corrected chi connectivity index (χ0v) is 10.9. The molecule has 3 heterocycles. The van der Waals surface area contributed by atoms with E-state index in [0.717, 1.165) is 20.8 Å². The van der Waals surface area contributed by atoms with Gasteiger partial charge in [0, 0.05) is 15.5 Å². The van der Waals surface area contributed by atoms with Crippen molar-refractivity contribution in [2.45, 2.75) is 6.92 Å². The Bertz CT molecular complexity index is 656. The minimum atomic E-state index is 0.788. The van der Waals surface area contributed by atoms with Crippen LogP contribution in [-0.4, -0.2) is 14.6 Å². The Morgan fingerprint density at radius 3 is 2.88 bits per heavy atom. The normalized spacial score (nSPS) is 11.1. The molecule has 0 radical (unpaired) electrons. The van der Waals surface area contributed by atoms with Crippen molar-refractivity contribution in [3.8, 4) is 10.7 Å². The maximum absolute atomic E-state index is 4.48. The first-order valence-corrected chi connectivity index (χ1v) is 6.42. The fourth-order valence-electron chi connectivity index (χ4n) is 1.52. The topological polar surface area (TPSA) is 30.2 Å². The molecule has 0 amide bonds. The van der Waals surface area contributed by atoms with Crippen molar-refractivity contribution in [1.29, 1.82) is 0 Å². The summed E-state index contributed by atoms with van der Waals surface area (Å²) in [5.74, 6) is 0.788. The van der Waals surface area contributed by atoms with Crippen molar-refractivity contribution in [1.82, 2.24) is 14.6 Å². The molecule has 0 saturated heterocycles. The summed E-state index contributed by atoms with van der Waals surface area (Å²) in [6.45, 7) is 2.08. The van der Waals surface area contributed by atoms with Crippen LogP contribution in [0, 0.1) is 6.92 Å². The van der Waals surface area contributed by atoms with Crippen LogP contribution in [0.3, 0.4) is 0 Å². The van der Waals surface area contributed by atoms with Crippen molar-refractivity contribution in [3.05, 3.63) is 39.8 Å². The third-order valence-corrected chi connectivity index (χ3v) is 3.72. The summed E-state index contributed by atoms with van der Waals surface area (Å²) >= 11 is 5.13. The molecule has 3 nitrogen and oxygen atoms in total. The second-order valence-electron chi connectivity index (χ2n) is 3.50. The summed E-state index contributed by atoms with van der Waals surface area (Å²) in [6, 6.07) is 8.06. The van der Waals surface area contributed by atoms with Crippen LogP contribution in [0.5, 0.6) is 0 Å². The maximum Gasteiger partial charge on any atom is 0.192 e. The van der Waals surface area contributed by atoms with Gasteiger partial charge in [0.15, 0.2) is 11.5 Å². The van der Waals surface area contributed by atoms with Gasteiger partial charge in [0.25, 0.3) is 0 Å². The fourth-order valence-corrected chi connectivity index (χ4v) is 2.64. The van der Waals surface area contributed by atoms with Crippen LogP contribution in [0.15, 0.2) is 34.9 Å². The van der Waals surface area contributed by atoms with E-state index in [1.807, 2.05) is 18.3 Å². The molecule has 0 aliphatic heterocycles. The van der Waals surface area contributed by atoms with E-state index in [1.165, 1.54) is 4.88 Å². The van der Waals surface area contributed by atoms with Gasteiger partial charge in [-0.1, -0.05) is 0 Å². The average Bonchev–Trinajstić information content (AvgIpc) is 2.83. The van der Waals surface area contributed by atoms with Crippen LogP contribution in [0.25, 0.3) is 16.3 Å². The minimum absolute atomic E-state index is 0.788. The van der Waals surface area contributed by atoms with Crippen molar-refractivity contribution >= 4 is 32.9 Å². The molecule has 0 spiro atoms. The molecule has 0 atom stereocenters. The molecule has 0 fully saturated rings. The molecule has 0 unspecified atom stereocenters. The molecule has 3 aromatic heterocycles. The number of fused-ring (bicyclic) bond motifs is 1. The predicted molar refractivity (Wildman–Crippen MR) is 68.7 cm³/mol. The van der Waals surface area contributed by atoms with Crippen LogP contribution < -0.4 is 0 Å². The van der Waals surface area contributed by atoms with Crippen LogP contribution in [0.1, 0.15) is 4.88 Å². The highest BCUT2D eigenvalue weighted by molar-refractivity contribution is 9.10. The van der Waals surface area contributed by atoms with Gasteiger partial charge in [0.2, 0.25) is 0 Å². The number of rotatable bonds is 1. The van der Waals surface area contributed by atoms with Gasteiger partial charge in [-0.25, -0.2) is 9.50 Å². The number of thiophene rings is 1. The van der Waals surface area contributed by atoms with E-state index in [1.54, 1.807) is 15.9 Å². The van der Waals surface area contributed by atoms with Crippen molar-refractivity contribution in [3.63, 3.8) is 0 Å². The van der Waals surface area contributed by atoms with Crippen LogP contribution in [-0.2, 0) is 0 Å². The Kier molecular flexibility index (Phi) is 2.29. The van der Waals surface area contributed by atoms with Crippen LogP contribution in [0.4, 0.5) is 0 Å². The van der Waals surface area contributed by atoms with Gasteiger partial charge in [0.1, 0.15) is 0 Å².